The summed E-state index contributed by atoms with van der Waals surface area (Å²) in [5.41, 5.74) is 1.12. The molecule has 1 heterocycles. The maximum Gasteiger partial charge on any atom is 0.320 e. The highest BCUT2D eigenvalue weighted by Crippen LogP contribution is 2.09. The van der Waals surface area contributed by atoms with E-state index in [1.54, 1.807) is 4.90 Å². The summed E-state index contributed by atoms with van der Waals surface area (Å²) in [5.74, 6) is 0.157. The number of hydrogen-bond acceptors (Lipinski definition) is 3. The van der Waals surface area contributed by atoms with Crippen LogP contribution in [0.1, 0.15) is 12.0 Å². The average Bonchev–Trinajstić information content (AvgIpc) is 2.60. The molecule has 1 aliphatic rings. The molecule has 0 spiro atoms. The first-order valence-electron chi connectivity index (χ1n) is 8.08. The second-order valence-electron chi connectivity index (χ2n) is 5.85. The van der Waals surface area contributed by atoms with Gasteiger partial charge in [-0.05, 0) is 12.6 Å². The van der Waals surface area contributed by atoms with Crippen LogP contribution in [0.3, 0.4) is 0 Å². The maximum absolute atomic E-state index is 12.5. The Morgan fingerprint density at radius 3 is 2.25 bits per heavy atom. The normalized spacial score (nSPS) is 14.1. The van der Waals surface area contributed by atoms with Crippen LogP contribution in [0.4, 0.5) is 4.79 Å². The molecule has 7 heteroatoms. The number of piperazine rings is 1. The van der Waals surface area contributed by atoms with E-state index >= 15 is 0 Å². The third kappa shape index (κ3) is 5.69. The molecule has 0 radical (unpaired) electrons. The van der Waals surface area contributed by atoms with Gasteiger partial charge in [-0.1, -0.05) is 30.3 Å². The number of benzene rings is 1. The van der Waals surface area contributed by atoms with Crippen molar-refractivity contribution in [2.45, 2.75) is 13.0 Å². The predicted molar refractivity (Wildman–Crippen MR) is 97.2 cm³/mol. The van der Waals surface area contributed by atoms with Gasteiger partial charge in [-0.25, -0.2) is 4.79 Å². The standard InChI is InChI=1S/C17H26N4O2.ClH/c1-18-9-8-16(22)20-10-12-21(13-11-20)17(23)19(2)14-15-6-4-3-5-7-15;/h3-7,18H,8-14H2,1-2H3;1H. The van der Waals surface area contributed by atoms with Crippen LogP contribution in [-0.4, -0.2) is 73.5 Å². The van der Waals surface area contributed by atoms with Gasteiger partial charge in [0.2, 0.25) is 5.91 Å². The molecule has 3 amide bonds. The van der Waals surface area contributed by atoms with E-state index in [-0.39, 0.29) is 24.3 Å². The van der Waals surface area contributed by atoms with Crippen LogP contribution in [0.25, 0.3) is 0 Å². The van der Waals surface area contributed by atoms with Gasteiger partial charge in [0.05, 0.1) is 0 Å². The lowest BCUT2D eigenvalue weighted by Crippen LogP contribution is -2.53. The van der Waals surface area contributed by atoms with Crippen LogP contribution in [0, 0.1) is 0 Å². The van der Waals surface area contributed by atoms with Gasteiger partial charge in [-0.3, -0.25) is 4.79 Å². The molecule has 6 nitrogen and oxygen atoms in total. The topological polar surface area (TPSA) is 55.9 Å². The third-order valence-electron chi connectivity index (χ3n) is 4.08. The Bertz CT molecular complexity index is 519. The van der Waals surface area contributed by atoms with Crippen molar-refractivity contribution >= 4 is 24.3 Å². The van der Waals surface area contributed by atoms with Gasteiger partial charge in [0.25, 0.3) is 0 Å². The molecule has 1 saturated heterocycles. The average molecular weight is 355 g/mol. The number of halogens is 1. The molecule has 0 unspecified atom stereocenters. The lowest BCUT2D eigenvalue weighted by Gasteiger charge is -2.36. The fraction of sp³-hybridized carbons (Fsp3) is 0.529. The fourth-order valence-corrected chi connectivity index (χ4v) is 2.70. The van der Waals surface area contributed by atoms with E-state index in [2.05, 4.69) is 5.32 Å². The highest BCUT2D eigenvalue weighted by molar-refractivity contribution is 5.85. The number of hydrogen-bond donors (Lipinski definition) is 1. The van der Waals surface area contributed by atoms with Crippen molar-refractivity contribution in [1.82, 2.24) is 20.0 Å². The molecule has 1 aromatic carbocycles. The molecule has 1 aliphatic heterocycles. The van der Waals surface area contributed by atoms with Crippen molar-refractivity contribution in [3.63, 3.8) is 0 Å². The van der Waals surface area contributed by atoms with E-state index in [1.807, 2.05) is 54.2 Å². The van der Waals surface area contributed by atoms with E-state index in [1.165, 1.54) is 0 Å². The summed E-state index contributed by atoms with van der Waals surface area (Å²) in [6, 6.07) is 9.97. The zero-order valence-electron chi connectivity index (χ0n) is 14.4. The number of carbonyl (C=O) groups excluding carboxylic acids is 2. The Hall–Kier alpha value is -1.79. The van der Waals surface area contributed by atoms with Gasteiger partial charge in [0, 0.05) is 52.7 Å². The fourth-order valence-electron chi connectivity index (χ4n) is 2.70. The third-order valence-corrected chi connectivity index (χ3v) is 4.08. The van der Waals surface area contributed by atoms with Crippen LogP contribution in [-0.2, 0) is 11.3 Å². The Morgan fingerprint density at radius 1 is 1.08 bits per heavy atom. The Kier molecular flexibility index (Phi) is 8.57. The highest BCUT2D eigenvalue weighted by Gasteiger charge is 2.25. The Balaban J connectivity index is 0.00000288. The zero-order valence-corrected chi connectivity index (χ0v) is 15.2. The van der Waals surface area contributed by atoms with Crippen LogP contribution < -0.4 is 5.32 Å². The molecule has 1 aromatic rings. The number of nitrogens with one attached hydrogen (secondary N) is 1. The van der Waals surface area contributed by atoms with E-state index in [9.17, 15) is 9.59 Å². The zero-order chi connectivity index (χ0) is 16.7. The first kappa shape index (κ1) is 20.3. The summed E-state index contributed by atoms with van der Waals surface area (Å²) in [4.78, 5) is 29.9. The van der Waals surface area contributed by atoms with Crippen LogP contribution >= 0.6 is 12.4 Å². The largest absolute Gasteiger partial charge is 0.339 e. The predicted octanol–water partition coefficient (Wildman–Crippen LogP) is 1.41. The minimum Gasteiger partial charge on any atom is -0.339 e. The minimum atomic E-state index is 0. The molecule has 0 atom stereocenters. The summed E-state index contributed by atoms with van der Waals surface area (Å²) in [6.07, 6.45) is 0.512. The van der Waals surface area contributed by atoms with E-state index in [0.717, 1.165) is 5.56 Å². The van der Waals surface area contributed by atoms with Crippen molar-refractivity contribution in [1.29, 1.82) is 0 Å². The summed E-state index contributed by atoms with van der Waals surface area (Å²) < 4.78 is 0. The van der Waals surface area contributed by atoms with Gasteiger partial charge in [0.1, 0.15) is 0 Å². The van der Waals surface area contributed by atoms with Crippen LogP contribution in [0.2, 0.25) is 0 Å². The number of nitrogens with zero attached hydrogens (tertiary/aromatic N) is 3. The van der Waals surface area contributed by atoms with Crippen LogP contribution in [0.5, 0.6) is 0 Å². The van der Waals surface area contributed by atoms with Crippen molar-refractivity contribution in [2.24, 2.45) is 0 Å². The second-order valence-corrected chi connectivity index (χ2v) is 5.85. The summed E-state index contributed by atoms with van der Waals surface area (Å²) in [6.45, 7) is 3.73. The summed E-state index contributed by atoms with van der Waals surface area (Å²) in [7, 11) is 3.66. The number of urea groups is 1. The Morgan fingerprint density at radius 2 is 1.67 bits per heavy atom. The summed E-state index contributed by atoms with van der Waals surface area (Å²) in [5, 5.41) is 2.98. The molecule has 0 aromatic heterocycles. The molecule has 134 valence electrons. The van der Waals surface area contributed by atoms with Crippen molar-refractivity contribution < 1.29 is 9.59 Å². The first-order chi connectivity index (χ1) is 11.1. The van der Waals surface area contributed by atoms with Gasteiger partial charge < -0.3 is 20.0 Å². The second kappa shape index (κ2) is 10.2. The van der Waals surface area contributed by atoms with E-state index in [4.69, 9.17) is 0 Å². The lowest BCUT2D eigenvalue weighted by molar-refractivity contribution is -0.132. The number of amides is 3. The molecular weight excluding hydrogens is 328 g/mol. The smallest absolute Gasteiger partial charge is 0.320 e. The lowest BCUT2D eigenvalue weighted by atomic mass is 10.2. The number of rotatable bonds is 5. The van der Waals surface area contributed by atoms with Crippen molar-refractivity contribution in [3.8, 4) is 0 Å². The molecule has 1 N–H and O–H groups in total. The molecular formula is C17H27ClN4O2. The van der Waals surface area contributed by atoms with Gasteiger partial charge in [-0.15, -0.1) is 12.4 Å². The minimum absolute atomic E-state index is 0. The van der Waals surface area contributed by atoms with E-state index in [0.29, 0.717) is 45.7 Å². The van der Waals surface area contributed by atoms with Gasteiger partial charge in [0.15, 0.2) is 0 Å². The van der Waals surface area contributed by atoms with Crippen LogP contribution in [0.15, 0.2) is 30.3 Å². The molecule has 24 heavy (non-hydrogen) atoms. The van der Waals surface area contributed by atoms with Gasteiger partial charge in [-0.2, -0.15) is 0 Å². The van der Waals surface area contributed by atoms with E-state index < -0.39 is 0 Å². The Labute approximate surface area is 150 Å². The number of carbonyl (C=O) groups is 2. The highest BCUT2D eigenvalue weighted by atomic mass is 35.5. The molecule has 0 aliphatic carbocycles. The van der Waals surface area contributed by atoms with Gasteiger partial charge >= 0.3 is 6.03 Å². The summed E-state index contributed by atoms with van der Waals surface area (Å²) >= 11 is 0. The van der Waals surface area contributed by atoms with Crippen molar-refractivity contribution in [2.75, 3.05) is 46.8 Å². The first-order valence-corrected chi connectivity index (χ1v) is 8.08. The molecule has 1 fully saturated rings. The SMILES string of the molecule is CNCCC(=O)N1CCN(C(=O)N(C)Cc2ccccc2)CC1.Cl. The monoisotopic (exact) mass is 354 g/mol. The van der Waals surface area contributed by atoms with Crippen molar-refractivity contribution in [3.05, 3.63) is 35.9 Å². The molecule has 0 bridgehead atoms. The molecule has 2 rings (SSSR count). The molecule has 0 saturated carbocycles. The maximum atomic E-state index is 12.5. The quantitative estimate of drug-likeness (QED) is 0.870.